The second-order valence-corrected chi connectivity index (χ2v) is 3.87. The Bertz CT molecular complexity index is 629. The standard InChI is InChI=1S/C13H12FN3O2/c1-8-6-9(14)2-3-12(8)19-10-4-5-16-11(7-10)13(15)17-18/h2-7,18H,1H3,(H2,15,17). The van der Waals surface area contributed by atoms with Gasteiger partial charge in [0, 0.05) is 12.3 Å². The molecule has 5 nitrogen and oxygen atoms in total. The molecule has 1 heterocycles. The van der Waals surface area contributed by atoms with Crippen molar-refractivity contribution < 1.29 is 14.3 Å². The van der Waals surface area contributed by atoms with Crippen molar-refractivity contribution in [2.75, 3.05) is 0 Å². The van der Waals surface area contributed by atoms with E-state index in [2.05, 4.69) is 10.1 Å². The number of ether oxygens (including phenoxy) is 1. The molecule has 98 valence electrons. The minimum atomic E-state index is -0.322. The summed E-state index contributed by atoms with van der Waals surface area (Å²) in [5.74, 6) is 0.558. The van der Waals surface area contributed by atoms with Crippen molar-refractivity contribution in [1.82, 2.24) is 4.98 Å². The van der Waals surface area contributed by atoms with Crippen LogP contribution in [0, 0.1) is 12.7 Å². The van der Waals surface area contributed by atoms with E-state index in [1.54, 1.807) is 13.0 Å². The maximum Gasteiger partial charge on any atom is 0.188 e. The Balaban J connectivity index is 2.28. The molecule has 0 aliphatic carbocycles. The average Bonchev–Trinajstić information content (AvgIpc) is 2.41. The van der Waals surface area contributed by atoms with Gasteiger partial charge in [-0.3, -0.25) is 4.98 Å². The maximum atomic E-state index is 13.0. The van der Waals surface area contributed by atoms with Crippen LogP contribution in [0.15, 0.2) is 41.7 Å². The van der Waals surface area contributed by atoms with E-state index in [0.717, 1.165) is 0 Å². The molecule has 0 radical (unpaired) electrons. The number of rotatable bonds is 3. The fraction of sp³-hybridized carbons (Fsp3) is 0.0769. The summed E-state index contributed by atoms with van der Waals surface area (Å²) in [7, 11) is 0. The molecule has 2 aromatic rings. The summed E-state index contributed by atoms with van der Waals surface area (Å²) in [6.07, 6.45) is 1.47. The van der Waals surface area contributed by atoms with Gasteiger partial charge in [-0.05, 0) is 36.8 Å². The third-order valence-corrected chi connectivity index (χ3v) is 2.47. The van der Waals surface area contributed by atoms with Gasteiger partial charge in [0.15, 0.2) is 5.84 Å². The molecule has 0 spiro atoms. The minimum absolute atomic E-state index is 0.110. The van der Waals surface area contributed by atoms with Gasteiger partial charge < -0.3 is 15.7 Å². The molecule has 1 aromatic carbocycles. The summed E-state index contributed by atoms with van der Waals surface area (Å²) >= 11 is 0. The topological polar surface area (TPSA) is 80.7 Å². The quantitative estimate of drug-likeness (QED) is 0.385. The summed E-state index contributed by atoms with van der Waals surface area (Å²) in [4.78, 5) is 3.93. The molecule has 0 bridgehead atoms. The highest BCUT2D eigenvalue weighted by Gasteiger charge is 2.06. The number of halogens is 1. The number of aryl methyl sites for hydroxylation is 1. The first-order valence-electron chi connectivity index (χ1n) is 5.48. The van der Waals surface area contributed by atoms with Crippen LogP contribution in [-0.4, -0.2) is 16.0 Å². The van der Waals surface area contributed by atoms with Crippen LogP contribution < -0.4 is 10.5 Å². The largest absolute Gasteiger partial charge is 0.457 e. The number of nitrogens with two attached hydrogens (primary N) is 1. The molecule has 2 rings (SSSR count). The van der Waals surface area contributed by atoms with Crippen LogP contribution in [0.1, 0.15) is 11.3 Å². The van der Waals surface area contributed by atoms with E-state index in [1.165, 1.54) is 30.5 Å². The lowest BCUT2D eigenvalue weighted by molar-refractivity contribution is 0.318. The molecule has 19 heavy (non-hydrogen) atoms. The SMILES string of the molecule is Cc1cc(F)ccc1Oc1ccnc(/C(N)=N/O)c1. The zero-order valence-corrected chi connectivity index (χ0v) is 10.2. The Morgan fingerprint density at radius 2 is 2.16 bits per heavy atom. The number of amidine groups is 1. The van der Waals surface area contributed by atoms with E-state index in [0.29, 0.717) is 22.8 Å². The fourth-order valence-corrected chi connectivity index (χ4v) is 1.52. The number of nitrogens with zero attached hydrogens (tertiary/aromatic N) is 2. The van der Waals surface area contributed by atoms with Crippen LogP contribution in [0.25, 0.3) is 0 Å². The summed E-state index contributed by atoms with van der Waals surface area (Å²) < 4.78 is 18.6. The lowest BCUT2D eigenvalue weighted by Crippen LogP contribution is -2.14. The van der Waals surface area contributed by atoms with E-state index < -0.39 is 0 Å². The molecule has 0 saturated carbocycles. The summed E-state index contributed by atoms with van der Waals surface area (Å²) in [6.45, 7) is 1.74. The Labute approximate surface area is 109 Å². The van der Waals surface area contributed by atoms with Crippen molar-refractivity contribution >= 4 is 5.84 Å². The van der Waals surface area contributed by atoms with Crippen molar-refractivity contribution in [1.29, 1.82) is 0 Å². The van der Waals surface area contributed by atoms with Gasteiger partial charge in [0.1, 0.15) is 23.0 Å². The summed E-state index contributed by atoms with van der Waals surface area (Å²) in [5, 5.41) is 11.4. The second kappa shape index (κ2) is 5.34. The molecule has 1 aromatic heterocycles. The van der Waals surface area contributed by atoms with Crippen LogP contribution in [0.5, 0.6) is 11.5 Å². The van der Waals surface area contributed by atoms with E-state index in [-0.39, 0.29) is 11.7 Å². The van der Waals surface area contributed by atoms with E-state index >= 15 is 0 Å². The van der Waals surface area contributed by atoms with Gasteiger partial charge in [0.2, 0.25) is 0 Å². The first-order chi connectivity index (χ1) is 9.10. The van der Waals surface area contributed by atoms with Crippen LogP contribution >= 0.6 is 0 Å². The van der Waals surface area contributed by atoms with Crippen LogP contribution in [0.4, 0.5) is 4.39 Å². The lowest BCUT2D eigenvalue weighted by atomic mass is 10.2. The lowest BCUT2D eigenvalue weighted by Gasteiger charge is -2.09. The van der Waals surface area contributed by atoms with E-state index in [1.807, 2.05) is 0 Å². The molecule has 0 amide bonds. The van der Waals surface area contributed by atoms with Crippen molar-refractivity contribution in [2.24, 2.45) is 10.9 Å². The van der Waals surface area contributed by atoms with Gasteiger partial charge in [-0.2, -0.15) is 0 Å². The monoisotopic (exact) mass is 261 g/mol. The van der Waals surface area contributed by atoms with Crippen LogP contribution in [0.2, 0.25) is 0 Å². The number of hydrogen-bond acceptors (Lipinski definition) is 4. The number of benzene rings is 1. The minimum Gasteiger partial charge on any atom is -0.457 e. The summed E-state index contributed by atoms with van der Waals surface area (Å²) in [5.41, 5.74) is 6.40. The molecule has 0 aliphatic heterocycles. The highest BCUT2D eigenvalue weighted by Crippen LogP contribution is 2.25. The number of hydrogen-bond donors (Lipinski definition) is 2. The first-order valence-corrected chi connectivity index (χ1v) is 5.48. The van der Waals surface area contributed by atoms with E-state index in [9.17, 15) is 4.39 Å². The van der Waals surface area contributed by atoms with Crippen molar-refractivity contribution in [2.45, 2.75) is 6.92 Å². The van der Waals surface area contributed by atoms with Crippen molar-refractivity contribution in [3.8, 4) is 11.5 Å². The van der Waals surface area contributed by atoms with Gasteiger partial charge >= 0.3 is 0 Å². The molecule has 0 saturated heterocycles. The van der Waals surface area contributed by atoms with Gasteiger partial charge in [0.05, 0.1) is 0 Å². The molecular formula is C13H12FN3O2. The zero-order chi connectivity index (χ0) is 13.8. The van der Waals surface area contributed by atoms with Gasteiger partial charge in [-0.1, -0.05) is 5.16 Å². The van der Waals surface area contributed by atoms with Crippen LogP contribution in [0.3, 0.4) is 0 Å². The number of pyridine rings is 1. The van der Waals surface area contributed by atoms with Crippen molar-refractivity contribution in [3.05, 3.63) is 53.6 Å². The first kappa shape index (κ1) is 12.8. The van der Waals surface area contributed by atoms with E-state index in [4.69, 9.17) is 15.7 Å². The summed E-state index contributed by atoms with van der Waals surface area (Å²) in [6, 6.07) is 7.37. The Morgan fingerprint density at radius 1 is 1.37 bits per heavy atom. The normalized spacial score (nSPS) is 11.4. The molecular weight excluding hydrogens is 249 g/mol. The molecule has 0 fully saturated rings. The molecule has 0 aliphatic rings. The highest BCUT2D eigenvalue weighted by molar-refractivity contribution is 5.95. The molecule has 0 unspecified atom stereocenters. The van der Waals surface area contributed by atoms with Gasteiger partial charge in [-0.15, -0.1) is 0 Å². The average molecular weight is 261 g/mol. The zero-order valence-electron chi connectivity index (χ0n) is 10.2. The maximum absolute atomic E-state index is 13.0. The third-order valence-electron chi connectivity index (χ3n) is 2.47. The smallest absolute Gasteiger partial charge is 0.188 e. The molecule has 3 N–H and O–H groups in total. The Hall–Kier alpha value is -2.63. The molecule has 0 atom stereocenters. The second-order valence-electron chi connectivity index (χ2n) is 3.87. The van der Waals surface area contributed by atoms with Gasteiger partial charge in [0.25, 0.3) is 0 Å². The Kier molecular flexibility index (Phi) is 3.61. The van der Waals surface area contributed by atoms with Gasteiger partial charge in [-0.25, -0.2) is 4.39 Å². The predicted molar refractivity (Wildman–Crippen MR) is 68.0 cm³/mol. The van der Waals surface area contributed by atoms with Crippen LogP contribution in [-0.2, 0) is 0 Å². The Morgan fingerprint density at radius 3 is 2.84 bits per heavy atom. The number of aromatic nitrogens is 1. The highest BCUT2D eigenvalue weighted by atomic mass is 19.1. The van der Waals surface area contributed by atoms with Crippen molar-refractivity contribution in [3.63, 3.8) is 0 Å². The predicted octanol–water partition coefficient (Wildman–Crippen LogP) is 2.42. The fourth-order valence-electron chi connectivity index (χ4n) is 1.52. The number of oxime groups is 1. The third kappa shape index (κ3) is 2.98. The molecule has 6 heteroatoms.